The van der Waals surface area contributed by atoms with Gasteiger partial charge in [0, 0.05) is 18.3 Å². The summed E-state index contributed by atoms with van der Waals surface area (Å²) in [5.41, 5.74) is 1.28. The molecule has 0 saturated heterocycles. The van der Waals surface area contributed by atoms with E-state index in [9.17, 15) is 27.9 Å². The van der Waals surface area contributed by atoms with Crippen LogP contribution in [0.1, 0.15) is 70.9 Å². The minimum absolute atomic E-state index is 0.0455. The van der Waals surface area contributed by atoms with Crippen LogP contribution in [0.5, 0.6) is 11.5 Å². The van der Waals surface area contributed by atoms with Crippen LogP contribution in [-0.2, 0) is 24.4 Å². The van der Waals surface area contributed by atoms with E-state index in [0.29, 0.717) is 41.8 Å². The lowest BCUT2D eigenvalue weighted by Gasteiger charge is -2.37. The van der Waals surface area contributed by atoms with Gasteiger partial charge in [0.2, 0.25) is 10.0 Å². The molecule has 278 valence electrons. The number of phenolic OH excluding ortho intramolecular Hbond substituents is 1. The van der Waals surface area contributed by atoms with E-state index in [1.165, 1.54) is 30.0 Å². The normalized spacial score (nSPS) is 15.6. The molecule has 0 aliphatic carbocycles. The fourth-order valence-electron chi connectivity index (χ4n) is 5.60. The highest BCUT2D eigenvalue weighted by Crippen LogP contribution is 2.44. The van der Waals surface area contributed by atoms with Crippen LogP contribution in [0.25, 0.3) is 0 Å². The molecule has 14 heteroatoms. The fourth-order valence-corrected chi connectivity index (χ4v) is 7.81. The van der Waals surface area contributed by atoms with Crippen LogP contribution in [0, 0.1) is 0 Å². The molecule has 3 aromatic carbocycles. The number of anilines is 2. The van der Waals surface area contributed by atoms with E-state index >= 15 is 0 Å². The van der Waals surface area contributed by atoms with E-state index in [1.807, 2.05) is 42.7 Å². The molecule has 0 fully saturated rings. The number of ether oxygens (including phenoxy) is 1. The average molecular weight is 743 g/mol. The molecule has 0 aromatic heterocycles. The second kappa shape index (κ2) is 19.5. The standard InChI is InChI=1S/C33H41N3O6S2.C4H9NO2/c1-4-6-17-33(18-7-5-2)23-36(25-11-9-8-10-12-25)28-19-30(43-3)29(20-31(28)44(40,41)35-33)42-22-32(39)34-27(21-37)24-13-15-26(38)16-14-24;1-3(5-2)4(6)7/h8-16,19-21,27,35,38H,4-7,17-18,22-23H2,1-3H3,(H,34,39);3,5H,1-2H3,(H,6,7)/t27-;/m0./s1. The van der Waals surface area contributed by atoms with Crippen molar-refractivity contribution >= 4 is 51.3 Å². The van der Waals surface area contributed by atoms with E-state index in [-0.39, 0.29) is 16.4 Å². The fraction of sp³-hybridized carbons (Fsp3) is 0.432. The molecule has 5 N–H and O–H groups in total. The van der Waals surface area contributed by atoms with Gasteiger partial charge in [0.15, 0.2) is 6.61 Å². The number of amides is 1. The van der Waals surface area contributed by atoms with Crippen molar-refractivity contribution in [3.8, 4) is 11.5 Å². The Bertz CT molecular complexity index is 1700. The molecule has 12 nitrogen and oxygen atoms in total. The third kappa shape index (κ3) is 11.4. The summed E-state index contributed by atoms with van der Waals surface area (Å²) in [4.78, 5) is 37.2. The predicted molar refractivity (Wildman–Crippen MR) is 200 cm³/mol. The van der Waals surface area contributed by atoms with Crippen molar-refractivity contribution in [1.29, 1.82) is 0 Å². The number of carbonyl (C=O) groups is 3. The number of aldehydes is 1. The molecule has 0 spiro atoms. The first kappa shape index (κ1) is 41.3. The molecule has 51 heavy (non-hydrogen) atoms. The van der Waals surface area contributed by atoms with Crippen LogP contribution in [0.4, 0.5) is 11.4 Å². The number of fused-ring (bicyclic) bond motifs is 1. The van der Waals surface area contributed by atoms with Gasteiger partial charge in [-0.05, 0) is 69.0 Å². The zero-order valence-electron chi connectivity index (χ0n) is 29.8. The third-order valence-corrected chi connectivity index (χ3v) is 11.0. The lowest BCUT2D eigenvalue weighted by atomic mass is 9.87. The molecule has 1 aliphatic rings. The van der Waals surface area contributed by atoms with E-state index in [0.717, 1.165) is 31.4 Å². The largest absolute Gasteiger partial charge is 0.508 e. The summed E-state index contributed by atoms with van der Waals surface area (Å²) in [6.07, 6.45) is 7.54. The number of carboxylic acids is 1. The lowest BCUT2D eigenvalue weighted by Crippen LogP contribution is -2.53. The molecule has 0 radical (unpaired) electrons. The molecule has 1 aliphatic heterocycles. The van der Waals surface area contributed by atoms with Crippen molar-refractivity contribution in [2.24, 2.45) is 0 Å². The third-order valence-electron chi connectivity index (χ3n) is 8.59. The number of thioether (sulfide) groups is 1. The van der Waals surface area contributed by atoms with Crippen LogP contribution in [0.3, 0.4) is 0 Å². The van der Waals surface area contributed by atoms with Gasteiger partial charge in [-0.15, -0.1) is 11.8 Å². The minimum Gasteiger partial charge on any atom is -0.508 e. The average Bonchev–Trinajstić information content (AvgIpc) is 3.22. The number of carbonyl (C=O) groups excluding carboxylic acids is 2. The van der Waals surface area contributed by atoms with Gasteiger partial charge in [0.25, 0.3) is 5.91 Å². The first-order valence-corrected chi connectivity index (χ1v) is 19.7. The summed E-state index contributed by atoms with van der Waals surface area (Å²) in [5, 5.41) is 22.8. The van der Waals surface area contributed by atoms with Crippen molar-refractivity contribution in [2.75, 3.05) is 31.4 Å². The Labute approximate surface area is 305 Å². The summed E-state index contributed by atoms with van der Waals surface area (Å²) >= 11 is 1.39. The molecule has 4 rings (SSSR count). The van der Waals surface area contributed by atoms with E-state index in [4.69, 9.17) is 9.84 Å². The molecule has 1 unspecified atom stereocenters. The number of phenols is 1. The van der Waals surface area contributed by atoms with Crippen LogP contribution >= 0.6 is 11.8 Å². The number of sulfonamides is 1. The number of likely N-dealkylation sites (N-methyl/N-ethyl adjacent to an activating group) is 1. The molecule has 0 saturated carbocycles. The summed E-state index contributed by atoms with van der Waals surface area (Å²) in [6.45, 7) is 5.85. The highest BCUT2D eigenvalue weighted by Gasteiger charge is 2.42. The first-order chi connectivity index (χ1) is 24.3. The number of aliphatic carboxylic acids is 1. The Hall–Kier alpha value is -4.11. The highest BCUT2D eigenvalue weighted by atomic mass is 32.2. The van der Waals surface area contributed by atoms with E-state index in [1.54, 1.807) is 26.1 Å². The lowest BCUT2D eigenvalue weighted by molar-refractivity contribution is -0.138. The maximum absolute atomic E-state index is 14.1. The number of hydrogen-bond acceptors (Lipinski definition) is 10. The van der Waals surface area contributed by atoms with Crippen LogP contribution in [-0.4, -0.2) is 74.8 Å². The predicted octanol–water partition coefficient (Wildman–Crippen LogP) is 5.78. The highest BCUT2D eigenvalue weighted by molar-refractivity contribution is 7.98. The molecule has 2 atom stereocenters. The maximum atomic E-state index is 14.1. The summed E-state index contributed by atoms with van der Waals surface area (Å²) in [7, 11) is -2.37. The van der Waals surface area contributed by atoms with E-state index in [2.05, 4.69) is 34.1 Å². The number of nitrogens with zero attached hydrogens (tertiary/aromatic N) is 1. The van der Waals surface area contributed by atoms with Crippen LogP contribution in [0.15, 0.2) is 76.5 Å². The SMILES string of the molecule is CCCCC1(CCCC)CN(c2ccccc2)c2cc(SC)c(OCC(=O)N[C@@H](C=O)c3ccc(O)cc3)cc2S(=O)(=O)N1.CNC(C)C(=O)O. The van der Waals surface area contributed by atoms with Gasteiger partial charge in [0.05, 0.1) is 16.1 Å². The quantitative estimate of drug-likeness (QED) is 0.0890. The van der Waals surface area contributed by atoms with Crippen molar-refractivity contribution in [3.05, 3.63) is 72.3 Å². The van der Waals surface area contributed by atoms with Crippen molar-refractivity contribution < 1.29 is 37.8 Å². The summed E-state index contributed by atoms with van der Waals surface area (Å²) < 4.78 is 37.3. The zero-order chi connectivity index (χ0) is 37.6. The molecule has 1 amide bonds. The van der Waals surface area contributed by atoms with E-state index < -0.39 is 46.1 Å². The molecular weight excluding hydrogens is 693 g/mol. The van der Waals surface area contributed by atoms with Gasteiger partial charge >= 0.3 is 5.97 Å². The van der Waals surface area contributed by atoms with Gasteiger partial charge < -0.3 is 35.3 Å². The van der Waals surface area contributed by atoms with Gasteiger partial charge in [-0.3, -0.25) is 9.59 Å². The van der Waals surface area contributed by atoms with Crippen molar-refractivity contribution in [1.82, 2.24) is 15.4 Å². The second-order valence-electron chi connectivity index (χ2n) is 12.4. The van der Waals surface area contributed by atoms with Gasteiger partial charge in [-0.2, -0.15) is 0 Å². The van der Waals surface area contributed by atoms with Gasteiger partial charge in [-0.1, -0.05) is 69.9 Å². The van der Waals surface area contributed by atoms with Crippen molar-refractivity contribution in [3.63, 3.8) is 0 Å². The molecule has 1 heterocycles. The first-order valence-electron chi connectivity index (χ1n) is 17.0. The van der Waals surface area contributed by atoms with Gasteiger partial charge in [0.1, 0.15) is 34.8 Å². The summed E-state index contributed by atoms with van der Waals surface area (Å²) in [5.74, 6) is -1.07. The molecule has 0 bridgehead atoms. The Balaban J connectivity index is 0.000000908. The number of nitrogens with one attached hydrogen (secondary N) is 3. The number of aromatic hydroxyl groups is 1. The second-order valence-corrected chi connectivity index (χ2v) is 14.9. The molecular formula is C37H50N4O8S2. The van der Waals surface area contributed by atoms with Crippen LogP contribution < -0.4 is 25.0 Å². The zero-order valence-corrected chi connectivity index (χ0v) is 31.5. The number of unbranched alkanes of at least 4 members (excludes halogenated alkanes) is 2. The Morgan fingerprint density at radius 3 is 2.20 bits per heavy atom. The number of rotatable bonds is 16. The Kier molecular flexibility index (Phi) is 15.8. The van der Waals surface area contributed by atoms with Gasteiger partial charge in [-0.25, -0.2) is 13.1 Å². The maximum Gasteiger partial charge on any atom is 0.320 e. The monoisotopic (exact) mass is 742 g/mol. The number of hydrogen-bond donors (Lipinski definition) is 5. The molecule has 3 aromatic rings. The number of benzene rings is 3. The topological polar surface area (TPSA) is 174 Å². The smallest absolute Gasteiger partial charge is 0.320 e. The number of para-hydroxylation sites is 1. The Morgan fingerprint density at radius 1 is 1.06 bits per heavy atom. The van der Waals surface area contributed by atoms with Crippen LogP contribution in [0.2, 0.25) is 0 Å². The minimum atomic E-state index is -3.98. The Morgan fingerprint density at radius 2 is 1.69 bits per heavy atom. The van der Waals surface area contributed by atoms with Crippen molar-refractivity contribution in [2.45, 2.75) is 86.7 Å². The summed E-state index contributed by atoms with van der Waals surface area (Å²) in [6, 6.07) is 17.7. The number of carboxylic acid groups (broad SMARTS) is 1.